The third-order valence-corrected chi connectivity index (χ3v) is 6.24. The molecule has 1 amide bonds. The first kappa shape index (κ1) is 24.7. The van der Waals surface area contributed by atoms with Crippen molar-refractivity contribution in [2.75, 3.05) is 38.7 Å². The van der Waals surface area contributed by atoms with E-state index >= 15 is 0 Å². The second-order valence-corrected chi connectivity index (χ2v) is 9.16. The van der Waals surface area contributed by atoms with Crippen LogP contribution >= 0.6 is 0 Å². The Bertz CT molecular complexity index is 1480. The summed E-state index contributed by atoms with van der Waals surface area (Å²) in [7, 11) is 3.91. The quantitative estimate of drug-likeness (QED) is 0.396. The summed E-state index contributed by atoms with van der Waals surface area (Å²) in [6, 6.07) is 8.89. The van der Waals surface area contributed by atoms with Crippen LogP contribution < -0.4 is 9.64 Å². The normalized spacial score (nSPS) is 14.1. The third-order valence-electron chi connectivity index (χ3n) is 6.24. The first-order valence-corrected chi connectivity index (χ1v) is 11.7. The summed E-state index contributed by atoms with van der Waals surface area (Å²) in [5.74, 6) is 0.664. The monoisotopic (exact) mass is 510 g/mol. The van der Waals surface area contributed by atoms with E-state index in [2.05, 4.69) is 15.1 Å². The smallest absolute Gasteiger partial charge is 0.416 e. The number of carbonyl (C=O) groups is 1. The minimum absolute atomic E-state index is 0.193. The first-order chi connectivity index (χ1) is 17.6. The fourth-order valence-corrected chi connectivity index (χ4v) is 4.31. The molecule has 192 valence electrons. The average Bonchev–Trinajstić information content (AvgIpc) is 3.19. The van der Waals surface area contributed by atoms with Gasteiger partial charge in [-0.2, -0.15) is 18.3 Å². The number of carbonyl (C=O) groups excluding carboxylic acids is 1. The van der Waals surface area contributed by atoms with Crippen LogP contribution in [-0.4, -0.2) is 64.3 Å². The summed E-state index contributed by atoms with van der Waals surface area (Å²) < 4.78 is 46.5. The van der Waals surface area contributed by atoms with Gasteiger partial charge in [0.2, 0.25) is 0 Å². The second kappa shape index (κ2) is 9.47. The van der Waals surface area contributed by atoms with Crippen molar-refractivity contribution >= 4 is 22.5 Å². The number of nitrogens with zero attached hydrogens (tertiary/aromatic N) is 6. The summed E-state index contributed by atoms with van der Waals surface area (Å²) in [5, 5.41) is 4.66. The molecule has 0 aliphatic carbocycles. The number of aromatic nitrogens is 4. The van der Waals surface area contributed by atoms with E-state index in [-0.39, 0.29) is 5.91 Å². The Morgan fingerprint density at radius 1 is 1.11 bits per heavy atom. The van der Waals surface area contributed by atoms with E-state index in [0.29, 0.717) is 53.4 Å². The fourth-order valence-electron chi connectivity index (χ4n) is 4.31. The molecular weight excluding hydrogens is 485 g/mol. The van der Waals surface area contributed by atoms with Gasteiger partial charge in [-0.3, -0.25) is 9.48 Å². The van der Waals surface area contributed by atoms with Gasteiger partial charge in [0.25, 0.3) is 5.91 Å². The maximum absolute atomic E-state index is 13.6. The van der Waals surface area contributed by atoms with Gasteiger partial charge in [0.1, 0.15) is 6.61 Å². The highest BCUT2D eigenvalue weighted by molar-refractivity contribution is 6.07. The van der Waals surface area contributed by atoms with E-state index in [0.717, 1.165) is 29.9 Å². The van der Waals surface area contributed by atoms with Crippen LogP contribution in [0.25, 0.3) is 22.3 Å². The van der Waals surface area contributed by atoms with Crippen molar-refractivity contribution in [1.82, 2.24) is 24.6 Å². The minimum atomic E-state index is -4.43. The van der Waals surface area contributed by atoms with Crippen molar-refractivity contribution in [3.05, 3.63) is 65.6 Å². The van der Waals surface area contributed by atoms with Gasteiger partial charge in [0, 0.05) is 29.4 Å². The molecule has 1 aliphatic rings. The second-order valence-electron chi connectivity index (χ2n) is 9.16. The fraction of sp³-hybridized carbons (Fsp3) is 0.308. The van der Waals surface area contributed by atoms with E-state index in [4.69, 9.17) is 4.74 Å². The topological polar surface area (TPSA) is 76.4 Å². The van der Waals surface area contributed by atoms with Crippen LogP contribution in [0.1, 0.15) is 21.6 Å². The van der Waals surface area contributed by atoms with Gasteiger partial charge in [-0.15, -0.1) is 0 Å². The largest absolute Gasteiger partial charge is 0.488 e. The van der Waals surface area contributed by atoms with Gasteiger partial charge in [-0.1, -0.05) is 0 Å². The number of likely N-dealkylation sites (N-methyl/N-ethyl adjacent to an activating group) is 1. The molecule has 8 nitrogen and oxygen atoms in total. The standard InChI is InChI=1S/C26H25F3N6O2/c1-16-12-17(24-30-14-18-13-19(26(27,28)29)5-6-20(18)32-24)4-7-21(16)34-10-11-37-22-15-31-35(9-8-33(2)3)23(22)25(34)36/h4-7,12-15H,8-11H2,1-3H3. The Labute approximate surface area is 211 Å². The van der Waals surface area contributed by atoms with Crippen LogP contribution in [0.15, 0.2) is 48.8 Å². The molecule has 0 saturated carbocycles. The Morgan fingerprint density at radius 3 is 2.65 bits per heavy atom. The van der Waals surface area contributed by atoms with Crippen LogP contribution in [0.5, 0.6) is 5.75 Å². The molecular formula is C26H25F3N6O2. The van der Waals surface area contributed by atoms with E-state index in [1.165, 1.54) is 12.3 Å². The molecule has 0 radical (unpaired) electrons. The molecule has 37 heavy (non-hydrogen) atoms. The van der Waals surface area contributed by atoms with Crippen molar-refractivity contribution in [3.8, 4) is 17.1 Å². The Hall–Kier alpha value is -3.99. The zero-order valence-electron chi connectivity index (χ0n) is 20.6. The highest BCUT2D eigenvalue weighted by Crippen LogP contribution is 2.33. The van der Waals surface area contributed by atoms with Gasteiger partial charge in [0.05, 0.1) is 30.4 Å². The molecule has 0 fully saturated rings. The number of alkyl halides is 3. The molecule has 0 N–H and O–H groups in total. The van der Waals surface area contributed by atoms with Gasteiger partial charge >= 0.3 is 6.18 Å². The number of hydrogen-bond donors (Lipinski definition) is 0. The SMILES string of the molecule is Cc1cc(-c2ncc3cc(C(F)(F)F)ccc3n2)ccc1N1CCOc2cnn(CCN(C)C)c2C1=O. The van der Waals surface area contributed by atoms with Gasteiger partial charge < -0.3 is 14.5 Å². The number of ether oxygens (including phenoxy) is 1. The van der Waals surface area contributed by atoms with Gasteiger partial charge in [0.15, 0.2) is 17.3 Å². The Morgan fingerprint density at radius 2 is 1.92 bits per heavy atom. The van der Waals surface area contributed by atoms with Gasteiger partial charge in [-0.25, -0.2) is 9.97 Å². The molecule has 0 spiro atoms. The zero-order chi connectivity index (χ0) is 26.3. The first-order valence-electron chi connectivity index (χ1n) is 11.7. The van der Waals surface area contributed by atoms with Crippen molar-refractivity contribution in [2.45, 2.75) is 19.6 Å². The van der Waals surface area contributed by atoms with Crippen LogP contribution in [0.3, 0.4) is 0 Å². The number of aryl methyl sites for hydroxylation is 1. The number of amides is 1. The number of anilines is 1. The zero-order valence-corrected chi connectivity index (χ0v) is 20.6. The highest BCUT2D eigenvalue weighted by atomic mass is 19.4. The summed E-state index contributed by atoms with van der Waals surface area (Å²) in [5.41, 5.74) is 2.33. The molecule has 0 unspecified atom stereocenters. The number of hydrogen-bond acceptors (Lipinski definition) is 6. The van der Waals surface area contributed by atoms with E-state index in [1.807, 2.05) is 38.1 Å². The molecule has 1 aliphatic heterocycles. The summed E-state index contributed by atoms with van der Waals surface area (Å²) in [4.78, 5) is 26.0. The predicted molar refractivity (Wildman–Crippen MR) is 133 cm³/mol. The van der Waals surface area contributed by atoms with Crippen LogP contribution in [0.4, 0.5) is 18.9 Å². The molecule has 2 aromatic carbocycles. The maximum Gasteiger partial charge on any atom is 0.416 e. The number of rotatable bonds is 5. The van der Waals surface area contributed by atoms with E-state index in [1.54, 1.807) is 21.8 Å². The summed E-state index contributed by atoms with van der Waals surface area (Å²) in [6.45, 7) is 3.85. The maximum atomic E-state index is 13.6. The Balaban J connectivity index is 1.44. The van der Waals surface area contributed by atoms with Crippen molar-refractivity contribution in [1.29, 1.82) is 0 Å². The lowest BCUT2D eigenvalue weighted by Crippen LogP contribution is -2.35. The number of benzene rings is 2. The van der Waals surface area contributed by atoms with E-state index in [9.17, 15) is 18.0 Å². The van der Waals surface area contributed by atoms with Crippen molar-refractivity contribution < 1.29 is 22.7 Å². The molecule has 2 aromatic heterocycles. The third kappa shape index (κ3) is 4.86. The van der Waals surface area contributed by atoms with Crippen molar-refractivity contribution in [3.63, 3.8) is 0 Å². The van der Waals surface area contributed by atoms with Crippen LogP contribution in [-0.2, 0) is 12.7 Å². The van der Waals surface area contributed by atoms with Gasteiger partial charge in [-0.05, 0) is 63.0 Å². The summed E-state index contributed by atoms with van der Waals surface area (Å²) in [6.07, 6.45) is -1.46. The van der Waals surface area contributed by atoms with Crippen LogP contribution in [0.2, 0.25) is 0 Å². The molecule has 0 atom stereocenters. The van der Waals surface area contributed by atoms with Crippen LogP contribution in [0, 0.1) is 6.92 Å². The predicted octanol–water partition coefficient (Wildman–Crippen LogP) is 4.42. The minimum Gasteiger partial charge on any atom is -0.488 e. The number of fused-ring (bicyclic) bond motifs is 2. The lowest BCUT2D eigenvalue weighted by Gasteiger charge is -2.23. The average molecular weight is 511 g/mol. The Kier molecular flexibility index (Phi) is 6.32. The van der Waals surface area contributed by atoms with Crippen molar-refractivity contribution in [2.24, 2.45) is 0 Å². The molecule has 5 rings (SSSR count). The molecule has 11 heteroatoms. The molecule has 3 heterocycles. The lowest BCUT2D eigenvalue weighted by atomic mass is 10.1. The van der Waals surface area contributed by atoms with E-state index < -0.39 is 11.7 Å². The molecule has 0 saturated heterocycles. The summed E-state index contributed by atoms with van der Waals surface area (Å²) >= 11 is 0. The lowest BCUT2D eigenvalue weighted by molar-refractivity contribution is -0.137. The highest BCUT2D eigenvalue weighted by Gasteiger charge is 2.31. The molecule has 4 aromatic rings. The molecule has 0 bridgehead atoms. The number of halogens is 3.